The number of hydrogen-bond donors (Lipinski definition) is 2. The number of hydrogen-bond acceptors (Lipinski definition) is 5. The van der Waals surface area contributed by atoms with E-state index in [9.17, 15) is 9.59 Å². The normalized spacial score (nSPS) is 15.6. The van der Waals surface area contributed by atoms with Crippen LogP contribution in [0.25, 0.3) is 0 Å². The van der Waals surface area contributed by atoms with Crippen LogP contribution in [0.3, 0.4) is 0 Å². The topological polar surface area (TPSA) is 85.9 Å². The molecular weight excluding hydrogens is 432 g/mol. The highest BCUT2D eigenvalue weighted by Gasteiger charge is 2.35. The zero-order valence-electron chi connectivity index (χ0n) is 18.4. The molecule has 2 N–H and O–H groups in total. The standard InChI is InChI=1S/C24H27ClN2O5/c1-4-9-18-20(23(28)31-5-2)21(27-24(29)26-18)16-11-8-13-19(30-3)22(16)32-14-15-10-6-7-12-17(15)25/h6-8,10-13,21H,4-5,9,14H2,1-3H3,(H2,26,27,29). The average molecular weight is 459 g/mol. The summed E-state index contributed by atoms with van der Waals surface area (Å²) < 4.78 is 17.0. The van der Waals surface area contributed by atoms with Crippen LogP contribution in [-0.2, 0) is 16.1 Å². The number of amides is 2. The number of urea groups is 1. The van der Waals surface area contributed by atoms with Crippen molar-refractivity contribution >= 4 is 23.6 Å². The molecule has 3 rings (SSSR count). The molecule has 1 unspecified atom stereocenters. The van der Waals surface area contributed by atoms with Gasteiger partial charge >= 0.3 is 12.0 Å². The maximum absolute atomic E-state index is 12.9. The van der Waals surface area contributed by atoms with Gasteiger partial charge < -0.3 is 24.8 Å². The molecule has 1 aliphatic rings. The lowest BCUT2D eigenvalue weighted by Crippen LogP contribution is -2.46. The van der Waals surface area contributed by atoms with E-state index in [1.54, 1.807) is 31.2 Å². The van der Waals surface area contributed by atoms with Crippen LogP contribution >= 0.6 is 11.6 Å². The molecule has 2 amide bonds. The van der Waals surface area contributed by atoms with Crippen molar-refractivity contribution in [2.24, 2.45) is 0 Å². The maximum Gasteiger partial charge on any atom is 0.338 e. The molecule has 0 saturated carbocycles. The molecule has 2 aromatic carbocycles. The molecule has 1 atom stereocenters. The number of esters is 1. The zero-order valence-corrected chi connectivity index (χ0v) is 19.1. The molecule has 0 spiro atoms. The van der Waals surface area contributed by atoms with Gasteiger partial charge in [-0.1, -0.05) is 55.3 Å². The van der Waals surface area contributed by atoms with Crippen LogP contribution in [0.1, 0.15) is 43.9 Å². The Bertz CT molecular complexity index is 1020. The van der Waals surface area contributed by atoms with E-state index in [1.807, 2.05) is 25.1 Å². The van der Waals surface area contributed by atoms with Crippen molar-refractivity contribution in [1.29, 1.82) is 0 Å². The fourth-order valence-corrected chi connectivity index (χ4v) is 3.78. The van der Waals surface area contributed by atoms with E-state index >= 15 is 0 Å². The first-order valence-corrected chi connectivity index (χ1v) is 10.9. The molecule has 0 aromatic heterocycles. The van der Waals surface area contributed by atoms with Crippen molar-refractivity contribution in [3.8, 4) is 11.5 Å². The third-order valence-electron chi connectivity index (χ3n) is 5.02. The van der Waals surface area contributed by atoms with Gasteiger partial charge in [0.15, 0.2) is 11.5 Å². The zero-order chi connectivity index (χ0) is 23.1. The fraction of sp³-hybridized carbons (Fsp3) is 0.333. The Morgan fingerprint density at radius 1 is 1.12 bits per heavy atom. The van der Waals surface area contributed by atoms with E-state index in [0.717, 1.165) is 12.0 Å². The first-order valence-electron chi connectivity index (χ1n) is 10.5. The van der Waals surface area contributed by atoms with Crippen molar-refractivity contribution in [3.05, 3.63) is 69.9 Å². The number of carbonyl (C=O) groups is 2. The van der Waals surface area contributed by atoms with Gasteiger partial charge in [-0.25, -0.2) is 9.59 Å². The summed E-state index contributed by atoms with van der Waals surface area (Å²) in [6.45, 7) is 4.12. The Hall–Kier alpha value is -3.19. The summed E-state index contributed by atoms with van der Waals surface area (Å²) in [5.41, 5.74) is 2.28. The fourth-order valence-electron chi connectivity index (χ4n) is 3.59. The van der Waals surface area contributed by atoms with Crippen molar-refractivity contribution in [1.82, 2.24) is 10.6 Å². The molecular formula is C24H27ClN2O5. The van der Waals surface area contributed by atoms with E-state index in [0.29, 0.717) is 39.8 Å². The third kappa shape index (κ3) is 5.16. The van der Waals surface area contributed by atoms with Gasteiger partial charge in [-0.05, 0) is 25.5 Å². The molecule has 0 saturated heterocycles. The van der Waals surface area contributed by atoms with Crippen LogP contribution in [-0.4, -0.2) is 25.7 Å². The van der Waals surface area contributed by atoms with Crippen LogP contribution in [0.2, 0.25) is 5.02 Å². The predicted molar refractivity (Wildman–Crippen MR) is 122 cm³/mol. The molecule has 0 bridgehead atoms. The quantitative estimate of drug-likeness (QED) is 0.522. The molecule has 32 heavy (non-hydrogen) atoms. The first kappa shape index (κ1) is 23.5. The highest BCUT2D eigenvalue weighted by Crippen LogP contribution is 2.40. The second-order valence-electron chi connectivity index (χ2n) is 7.15. The number of halogens is 1. The van der Waals surface area contributed by atoms with Gasteiger partial charge in [-0.3, -0.25) is 0 Å². The molecule has 0 fully saturated rings. The lowest BCUT2D eigenvalue weighted by atomic mass is 9.93. The second kappa shape index (κ2) is 10.9. The van der Waals surface area contributed by atoms with Crippen LogP contribution in [0.5, 0.6) is 11.5 Å². The smallest absolute Gasteiger partial charge is 0.338 e. The lowest BCUT2D eigenvalue weighted by Gasteiger charge is -2.30. The van der Waals surface area contributed by atoms with Gasteiger partial charge in [0.05, 0.1) is 25.3 Å². The van der Waals surface area contributed by atoms with Gasteiger partial charge in [0.2, 0.25) is 0 Å². The van der Waals surface area contributed by atoms with Gasteiger partial charge in [-0.15, -0.1) is 0 Å². The van der Waals surface area contributed by atoms with Crippen LogP contribution < -0.4 is 20.1 Å². The highest BCUT2D eigenvalue weighted by atomic mass is 35.5. The number of allylic oxidation sites excluding steroid dienone is 1. The number of para-hydroxylation sites is 1. The summed E-state index contributed by atoms with van der Waals surface area (Å²) >= 11 is 6.28. The van der Waals surface area contributed by atoms with Gasteiger partial charge in [0, 0.05) is 21.8 Å². The minimum Gasteiger partial charge on any atom is -0.493 e. The van der Waals surface area contributed by atoms with E-state index in [-0.39, 0.29) is 13.2 Å². The molecule has 7 nitrogen and oxygen atoms in total. The lowest BCUT2D eigenvalue weighted by molar-refractivity contribution is -0.139. The van der Waals surface area contributed by atoms with Crippen LogP contribution in [0.15, 0.2) is 53.7 Å². The number of rotatable bonds is 9. The van der Waals surface area contributed by atoms with Crippen molar-refractivity contribution in [3.63, 3.8) is 0 Å². The highest BCUT2D eigenvalue weighted by molar-refractivity contribution is 6.31. The Morgan fingerprint density at radius 2 is 1.91 bits per heavy atom. The number of nitrogens with one attached hydrogen (secondary N) is 2. The van der Waals surface area contributed by atoms with E-state index < -0.39 is 18.0 Å². The number of methoxy groups -OCH3 is 1. The Labute approximate surface area is 192 Å². The van der Waals surface area contributed by atoms with E-state index in [1.165, 1.54) is 7.11 Å². The van der Waals surface area contributed by atoms with Gasteiger partial charge in [0.1, 0.15) is 6.61 Å². The van der Waals surface area contributed by atoms with Crippen molar-refractivity contribution in [2.45, 2.75) is 39.3 Å². The van der Waals surface area contributed by atoms with Crippen molar-refractivity contribution in [2.75, 3.05) is 13.7 Å². The van der Waals surface area contributed by atoms with E-state index in [4.69, 9.17) is 25.8 Å². The molecule has 0 radical (unpaired) electrons. The summed E-state index contributed by atoms with van der Waals surface area (Å²) in [6.07, 6.45) is 1.27. The van der Waals surface area contributed by atoms with Gasteiger partial charge in [0.25, 0.3) is 0 Å². The van der Waals surface area contributed by atoms with Crippen LogP contribution in [0.4, 0.5) is 4.79 Å². The maximum atomic E-state index is 12.9. The molecule has 1 heterocycles. The number of benzene rings is 2. The molecule has 8 heteroatoms. The van der Waals surface area contributed by atoms with Crippen molar-refractivity contribution < 1.29 is 23.8 Å². The first-order chi connectivity index (χ1) is 15.5. The Balaban J connectivity index is 2.07. The SMILES string of the molecule is CCCC1=C(C(=O)OCC)C(c2cccc(OC)c2OCc2ccccc2Cl)NC(=O)N1. The minimum atomic E-state index is -0.763. The molecule has 0 aliphatic carbocycles. The third-order valence-corrected chi connectivity index (χ3v) is 5.39. The summed E-state index contributed by atoms with van der Waals surface area (Å²) in [4.78, 5) is 25.4. The van der Waals surface area contributed by atoms with Crippen LogP contribution in [0, 0.1) is 0 Å². The molecule has 1 aliphatic heterocycles. The summed E-state index contributed by atoms with van der Waals surface area (Å²) in [5.74, 6) is 0.399. The largest absolute Gasteiger partial charge is 0.493 e. The molecule has 170 valence electrons. The minimum absolute atomic E-state index is 0.187. The Morgan fingerprint density at radius 3 is 2.59 bits per heavy atom. The number of ether oxygens (including phenoxy) is 3. The summed E-state index contributed by atoms with van der Waals surface area (Å²) in [6, 6.07) is 11.6. The summed E-state index contributed by atoms with van der Waals surface area (Å²) in [7, 11) is 1.53. The van der Waals surface area contributed by atoms with Gasteiger partial charge in [-0.2, -0.15) is 0 Å². The average Bonchev–Trinajstić information content (AvgIpc) is 2.78. The second-order valence-corrected chi connectivity index (χ2v) is 7.56. The van der Waals surface area contributed by atoms with E-state index in [2.05, 4.69) is 10.6 Å². The number of carbonyl (C=O) groups excluding carboxylic acids is 2. The predicted octanol–water partition coefficient (Wildman–Crippen LogP) is 4.90. The molecule has 2 aromatic rings. The summed E-state index contributed by atoms with van der Waals surface area (Å²) in [5, 5.41) is 6.18. The monoisotopic (exact) mass is 458 g/mol. The Kier molecular flexibility index (Phi) is 8.00.